The Morgan fingerprint density at radius 2 is 1.42 bits per heavy atom. The van der Waals surface area contributed by atoms with Gasteiger partial charge in [0.15, 0.2) is 0 Å². The third-order valence-electron chi connectivity index (χ3n) is 6.34. The van der Waals surface area contributed by atoms with E-state index >= 15 is 0 Å². The van der Waals surface area contributed by atoms with Gasteiger partial charge in [0.2, 0.25) is 0 Å². The molecule has 4 aromatic carbocycles. The number of aryl methyl sites for hydroxylation is 1. The zero-order chi connectivity index (χ0) is 20.9. The first-order valence-corrected chi connectivity index (χ1v) is 10.9. The molecule has 0 aliphatic carbocycles. The predicted octanol–water partition coefficient (Wildman–Crippen LogP) is 8.07. The van der Waals surface area contributed by atoms with Gasteiger partial charge in [0.05, 0.1) is 5.52 Å². The van der Waals surface area contributed by atoms with Crippen LogP contribution in [0.5, 0.6) is 0 Å². The molecular formula is C29H23NO. The Labute approximate surface area is 181 Å². The summed E-state index contributed by atoms with van der Waals surface area (Å²) in [5, 5.41) is 3.61. The molecule has 0 fully saturated rings. The fourth-order valence-corrected chi connectivity index (χ4v) is 4.93. The fraction of sp³-hybridized carbons (Fsp3) is 0.103. The molecular weight excluding hydrogens is 378 g/mol. The van der Waals surface area contributed by atoms with Crippen molar-refractivity contribution in [3.63, 3.8) is 0 Å². The standard InChI is InChI=1S/C29H23NO/c1-3-25-29(21-11-5-4-10-19(21)2)23-13-6-8-14-26(23)30(25)20-16-17-28-24(18-20)22-12-7-9-15-27(22)31-28/h4-18H,3H2,1-2H3. The number of aromatic nitrogens is 1. The van der Waals surface area contributed by atoms with Crippen LogP contribution in [0, 0.1) is 6.92 Å². The van der Waals surface area contributed by atoms with Gasteiger partial charge < -0.3 is 8.98 Å². The first kappa shape index (κ1) is 18.0. The Balaban J connectivity index is 1.71. The van der Waals surface area contributed by atoms with Crippen LogP contribution in [0.4, 0.5) is 0 Å². The molecule has 0 saturated heterocycles. The lowest BCUT2D eigenvalue weighted by Gasteiger charge is -2.12. The monoisotopic (exact) mass is 401 g/mol. The molecule has 150 valence electrons. The number of benzene rings is 4. The van der Waals surface area contributed by atoms with Gasteiger partial charge in [-0.15, -0.1) is 0 Å². The summed E-state index contributed by atoms with van der Waals surface area (Å²) in [5.41, 5.74) is 9.56. The lowest BCUT2D eigenvalue weighted by Crippen LogP contribution is -2.00. The van der Waals surface area contributed by atoms with Crippen molar-refractivity contribution in [3.05, 3.63) is 102 Å². The van der Waals surface area contributed by atoms with E-state index in [1.165, 1.54) is 39.0 Å². The molecule has 2 heterocycles. The highest BCUT2D eigenvalue weighted by Crippen LogP contribution is 2.39. The van der Waals surface area contributed by atoms with Gasteiger partial charge >= 0.3 is 0 Å². The molecule has 0 amide bonds. The van der Waals surface area contributed by atoms with Crippen LogP contribution in [0.3, 0.4) is 0 Å². The molecule has 0 bridgehead atoms. The zero-order valence-electron chi connectivity index (χ0n) is 17.7. The van der Waals surface area contributed by atoms with Crippen LogP contribution in [0.25, 0.3) is 49.7 Å². The van der Waals surface area contributed by atoms with E-state index < -0.39 is 0 Å². The Hall–Kier alpha value is -3.78. The third kappa shape index (κ3) is 2.65. The van der Waals surface area contributed by atoms with Crippen LogP contribution in [-0.2, 0) is 6.42 Å². The van der Waals surface area contributed by atoms with Crippen LogP contribution in [0.2, 0.25) is 0 Å². The smallest absolute Gasteiger partial charge is 0.135 e. The van der Waals surface area contributed by atoms with E-state index in [0.717, 1.165) is 28.4 Å². The van der Waals surface area contributed by atoms with Crippen LogP contribution >= 0.6 is 0 Å². The van der Waals surface area contributed by atoms with E-state index in [9.17, 15) is 0 Å². The van der Waals surface area contributed by atoms with Gasteiger partial charge in [-0.1, -0.05) is 67.6 Å². The van der Waals surface area contributed by atoms with Gasteiger partial charge in [-0.25, -0.2) is 0 Å². The SMILES string of the molecule is CCc1c(-c2ccccc2C)c2ccccc2n1-c1ccc2oc3ccccc3c2c1. The molecule has 0 aliphatic heterocycles. The molecule has 2 nitrogen and oxygen atoms in total. The summed E-state index contributed by atoms with van der Waals surface area (Å²) in [7, 11) is 0. The van der Waals surface area contributed by atoms with Crippen molar-refractivity contribution in [2.45, 2.75) is 20.3 Å². The summed E-state index contributed by atoms with van der Waals surface area (Å²) in [6, 6.07) is 32.3. The summed E-state index contributed by atoms with van der Waals surface area (Å²) >= 11 is 0. The predicted molar refractivity (Wildman–Crippen MR) is 130 cm³/mol. The van der Waals surface area contributed by atoms with E-state index in [1.807, 2.05) is 12.1 Å². The average molecular weight is 402 g/mol. The topological polar surface area (TPSA) is 18.1 Å². The van der Waals surface area contributed by atoms with Gasteiger partial charge in [0.25, 0.3) is 0 Å². The molecule has 6 aromatic rings. The summed E-state index contributed by atoms with van der Waals surface area (Å²) in [5.74, 6) is 0. The summed E-state index contributed by atoms with van der Waals surface area (Å²) < 4.78 is 8.50. The molecule has 6 rings (SSSR count). The largest absolute Gasteiger partial charge is 0.456 e. The average Bonchev–Trinajstić information content (AvgIpc) is 3.34. The van der Waals surface area contributed by atoms with Crippen molar-refractivity contribution in [3.8, 4) is 16.8 Å². The summed E-state index contributed by atoms with van der Waals surface area (Å²) in [4.78, 5) is 0. The van der Waals surface area contributed by atoms with E-state index in [0.29, 0.717) is 0 Å². The van der Waals surface area contributed by atoms with E-state index in [4.69, 9.17) is 4.42 Å². The molecule has 2 heteroatoms. The molecule has 0 aliphatic rings. The van der Waals surface area contributed by atoms with Crippen LogP contribution in [0.15, 0.2) is 95.4 Å². The van der Waals surface area contributed by atoms with E-state index in [1.54, 1.807) is 0 Å². The molecule has 2 aromatic heterocycles. The van der Waals surface area contributed by atoms with Crippen LogP contribution in [0.1, 0.15) is 18.2 Å². The van der Waals surface area contributed by atoms with Crippen molar-refractivity contribution >= 4 is 32.8 Å². The van der Waals surface area contributed by atoms with Crippen molar-refractivity contribution in [2.75, 3.05) is 0 Å². The van der Waals surface area contributed by atoms with Gasteiger partial charge in [0, 0.05) is 33.1 Å². The Morgan fingerprint density at radius 3 is 2.26 bits per heavy atom. The number of rotatable bonds is 3. The zero-order valence-corrected chi connectivity index (χ0v) is 17.7. The molecule has 0 saturated carbocycles. The second-order valence-electron chi connectivity index (χ2n) is 8.12. The minimum absolute atomic E-state index is 0.929. The Kier molecular flexibility index (Phi) is 4.00. The second-order valence-corrected chi connectivity index (χ2v) is 8.12. The van der Waals surface area contributed by atoms with E-state index in [2.05, 4.69) is 97.3 Å². The Morgan fingerprint density at radius 1 is 0.710 bits per heavy atom. The first-order valence-electron chi connectivity index (χ1n) is 10.9. The normalized spacial score (nSPS) is 11.7. The number of nitrogens with zero attached hydrogens (tertiary/aromatic N) is 1. The minimum Gasteiger partial charge on any atom is -0.456 e. The molecule has 0 radical (unpaired) electrons. The highest BCUT2D eigenvalue weighted by molar-refractivity contribution is 6.06. The van der Waals surface area contributed by atoms with Gasteiger partial charge in [-0.2, -0.15) is 0 Å². The van der Waals surface area contributed by atoms with Crippen molar-refractivity contribution in [1.82, 2.24) is 4.57 Å². The third-order valence-corrected chi connectivity index (χ3v) is 6.34. The second kappa shape index (κ2) is 6.88. The molecule has 0 atom stereocenters. The maximum Gasteiger partial charge on any atom is 0.135 e. The molecule has 0 spiro atoms. The van der Waals surface area contributed by atoms with Gasteiger partial charge in [-0.3, -0.25) is 0 Å². The van der Waals surface area contributed by atoms with Crippen molar-refractivity contribution < 1.29 is 4.42 Å². The molecule has 0 N–H and O–H groups in total. The minimum atomic E-state index is 0.929. The highest BCUT2D eigenvalue weighted by Gasteiger charge is 2.20. The summed E-state index contributed by atoms with van der Waals surface area (Å²) in [6.45, 7) is 4.45. The number of hydrogen-bond donors (Lipinski definition) is 0. The highest BCUT2D eigenvalue weighted by atomic mass is 16.3. The molecule has 31 heavy (non-hydrogen) atoms. The number of hydrogen-bond acceptors (Lipinski definition) is 1. The Bertz CT molecular complexity index is 1580. The number of fused-ring (bicyclic) bond motifs is 4. The van der Waals surface area contributed by atoms with Crippen LogP contribution in [-0.4, -0.2) is 4.57 Å². The lowest BCUT2D eigenvalue weighted by atomic mass is 9.97. The van der Waals surface area contributed by atoms with E-state index in [-0.39, 0.29) is 0 Å². The summed E-state index contributed by atoms with van der Waals surface area (Å²) in [6.07, 6.45) is 0.947. The maximum atomic E-state index is 6.07. The lowest BCUT2D eigenvalue weighted by molar-refractivity contribution is 0.669. The number of para-hydroxylation sites is 2. The maximum absolute atomic E-state index is 6.07. The van der Waals surface area contributed by atoms with Crippen LogP contribution < -0.4 is 0 Å². The fourth-order valence-electron chi connectivity index (χ4n) is 4.93. The van der Waals surface area contributed by atoms with Gasteiger partial charge in [0.1, 0.15) is 11.2 Å². The van der Waals surface area contributed by atoms with Gasteiger partial charge in [-0.05, 0) is 54.8 Å². The van der Waals surface area contributed by atoms with Crippen molar-refractivity contribution in [1.29, 1.82) is 0 Å². The quantitative estimate of drug-likeness (QED) is 0.293. The van der Waals surface area contributed by atoms with Crippen molar-refractivity contribution in [2.24, 2.45) is 0 Å². The molecule has 0 unspecified atom stereocenters. The number of furan rings is 1. The first-order chi connectivity index (χ1) is 15.3.